The molecule has 8 heteroatoms. The van der Waals surface area contributed by atoms with Crippen molar-refractivity contribution in [3.05, 3.63) is 0 Å². The van der Waals surface area contributed by atoms with Crippen LogP contribution < -0.4 is 10.2 Å². The Hall–Kier alpha value is -1.22. The van der Waals surface area contributed by atoms with Gasteiger partial charge >= 0.3 is 0 Å². The zero-order chi connectivity index (χ0) is 36.2. The summed E-state index contributed by atoms with van der Waals surface area (Å²) in [6, 6.07) is 0. The van der Waals surface area contributed by atoms with Crippen molar-refractivity contribution in [3.8, 4) is 0 Å². The Bertz CT molecular complexity index is 881. The van der Waals surface area contributed by atoms with Crippen molar-refractivity contribution in [1.82, 2.24) is 10.1 Å². The maximum Gasteiger partial charge on any atom is 0.0685 e. The molecule has 0 aromatic rings. The highest BCUT2D eigenvalue weighted by molar-refractivity contribution is 5.80. The highest BCUT2D eigenvalue weighted by Crippen LogP contribution is 2.57. The molecule has 0 radical (unpaired) electrons. The molecule has 48 heavy (non-hydrogen) atoms. The summed E-state index contributed by atoms with van der Waals surface area (Å²) in [6.45, 7) is 22.5. The van der Waals surface area contributed by atoms with Crippen LogP contribution in [0.3, 0.4) is 0 Å². The van der Waals surface area contributed by atoms with Gasteiger partial charge in [0.25, 0.3) is 0 Å². The van der Waals surface area contributed by atoms with Gasteiger partial charge in [0.2, 0.25) is 0 Å². The summed E-state index contributed by atoms with van der Waals surface area (Å²) >= 11 is 0. The van der Waals surface area contributed by atoms with Gasteiger partial charge in [-0.3, -0.25) is 9.68 Å². The fourth-order valence-corrected chi connectivity index (χ4v) is 9.65. The molecule has 0 atom stereocenters. The molecule has 0 unspecified atom stereocenters. The molecule has 0 amide bonds. The van der Waals surface area contributed by atoms with Crippen LogP contribution in [0.5, 0.6) is 0 Å². The van der Waals surface area contributed by atoms with E-state index in [0.717, 1.165) is 25.7 Å². The summed E-state index contributed by atoms with van der Waals surface area (Å²) in [5.41, 5.74) is -3.62. The third kappa shape index (κ3) is 11.7. The summed E-state index contributed by atoms with van der Waals surface area (Å²) in [4.78, 5) is 39.0. The van der Waals surface area contributed by atoms with Gasteiger partial charge in [0.05, 0.1) is 13.2 Å². The van der Waals surface area contributed by atoms with E-state index in [1.54, 1.807) is 0 Å². The number of carboxylic acid groups (broad SMARTS) is 2. The van der Waals surface area contributed by atoms with Gasteiger partial charge in [0, 0.05) is 39.5 Å². The largest absolute Gasteiger partial charge is 0.550 e. The van der Waals surface area contributed by atoms with Crippen LogP contribution in [-0.4, -0.2) is 57.4 Å². The number of rotatable bonds is 23. The second-order valence-electron chi connectivity index (χ2n) is 17.8. The van der Waals surface area contributed by atoms with Crippen LogP contribution in [0.4, 0.5) is 0 Å². The summed E-state index contributed by atoms with van der Waals surface area (Å²) in [7, 11) is 0. The molecule has 2 heterocycles. The predicted octanol–water partition coefficient (Wildman–Crippen LogP) is 7.77. The van der Waals surface area contributed by atoms with Crippen LogP contribution in [0, 0.1) is 17.3 Å². The van der Waals surface area contributed by atoms with E-state index in [1.807, 2.05) is 0 Å². The highest BCUT2D eigenvalue weighted by Gasteiger charge is 2.59. The third-order valence-electron chi connectivity index (χ3n) is 11.4. The molecule has 0 aliphatic carbocycles. The van der Waals surface area contributed by atoms with Crippen LogP contribution in [-0.2, 0) is 19.3 Å². The maximum atomic E-state index is 13.5. The number of hydrogen-bond donors (Lipinski definition) is 0. The average molecular weight is 679 g/mol. The molecule has 0 N–H and O–H groups in total. The minimum Gasteiger partial charge on any atom is -0.550 e. The second-order valence-corrected chi connectivity index (χ2v) is 17.8. The number of carbonyl (C=O) groups is 2. The molecule has 0 aromatic carbocycles. The van der Waals surface area contributed by atoms with E-state index in [2.05, 4.69) is 79.4 Å². The first-order valence-corrected chi connectivity index (χ1v) is 19.6. The van der Waals surface area contributed by atoms with Crippen molar-refractivity contribution in [1.29, 1.82) is 0 Å². The Labute approximate surface area is 295 Å². The van der Waals surface area contributed by atoms with Gasteiger partial charge < -0.3 is 19.8 Å². The second kappa shape index (κ2) is 18.9. The molecule has 2 rings (SSSR count). The highest BCUT2D eigenvalue weighted by atomic mass is 16.7. The summed E-state index contributed by atoms with van der Waals surface area (Å²) in [5.74, 6) is -3.46. The average Bonchev–Trinajstić information content (AvgIpc) is 2.95. The molecule has 0 spiro atoms. The topological polar surface area (TPSA) is 105 Å². The first kappa shape index (κ1) is 42.9. The monoisotopic (exact) mass is 679 g/mol. The molecule has 0 bridgehead atoms. The Morgan fingerprint density at radius 3 is 1.12 bits per heavy atom. The van der Waals surface area contributed by atoms with Crippen LogP contribution in [0.15, 0.2) is 0 Å². The molecule has 2 fully saturated rings. The lowest BCUT2D eigenvalue weighted by atomic mass is 9.53. The summed E-state index contributed by atoms with van der Waals surface area (Å²) < 4.78 is 0. The zero-order valence-corrected chi connectivity index (χ0v) is 32.8. The van der Waals surface area contributed by atoms with Crippen LogP contribution in [0.1, 0.15) is 191 Å². The molecular weight excluding hydrogens is 604 g/mol. The van der Waals surface area contributed by atoms with E-state index in [-0.39, 0.29) is 0 Å². The first-order chi connectivity index (χ1) is 22.4. The van der Waals surface area contributed by atoms with E-state index in [1.165, 1.54) is 64.2 Å². The van der Waals surface area contributed by atoms with Crippen molar-refractivity contribution in [3.63, 3.8) is 0 Å². The van der Waals surface area contributed by atoms with Crippen molar-refractivity contribution >= 4 is 11.9 Å². The van der Waals surface area contributed by atoms with Gasteiger partial charge in [-0.1, -0.05) is 90.9 Å². The molecule has 2 saturated heterocycles. The molecular formula is C40H74N2O6-2. The van der Waals surface area contributed by atoms with E-state index in [4.69, 9.17) is 9.68 Å². The van der Waals surface area contributed by atoms with E-state index >= 15 is 0 Å². The number of carbonyl (C=O) groups excluding carboxylic acids is 2. The molecule has 0 saturated carbocycles. The zero-order valence-electron chi connectivity index (χ0n) is 32.8. The smallest absolute Gasteiger partial charge is 0.0685 e. The Kier molecular flexibility index (Phi) is 16.9. The number of hydroxylamine groups is 4. The summed E-state index contributed by atoms with van der Waals surface area (Å²) in [5, 5.41) is 30.2. The summed E-state index contributed by atoms with van der Waals surface area (Å²) in [6.07, 6.45) is 18.2. The number of piperidine rings is 2. The van der Waals surface area contributed by atoms with Gasteiger partial charge in [-0.05, 0) is 112 Å². The van der Waals surface area contributed by atoms with E-state index in [9.17, 15) is 19.8 Å². The van der Waals surface area contributed by atoms with Crippen molar-refractivity contribution in [2.75, 3.05) is 13.2 Å². The fraction of sp³-hybridized carbons (Fsp3) is 0.950. The fourth-order valence-electron chi connectivity index (χ4n) is 9.65. The van der Waals surface area contributed by atoms with Crippen molar-refractivity contribution in [2.45, 2.75) is 213 Å². The normalized spacial score (nSPS) is 21.8. The maximum absolute atomic E-state index is 13.5. The van der Waals surface area contributed by atoms with Crippen LogP contribution in [0.25, 0.3) is 0 Å². The molecule has 2 aliphatic heterocycles. The van der Waals surface area contributed by atoms with Crippen molar-refractivity contribution in [2.24, 2.45) is 17.3 Å². The molecule has 282 valence electrons. The van der Waals surface area contributed by atoms with Gasteiger partial charge in [-0.25, -0.2) is 0 Å². The lowest BCUT2D eigenvalue weighted by molar-refractivity contribution is -0.349. The quantitative estimate of drug-likeness (QED) is 0.101. The Morgan fingerprint density at radius 2 is 0.854 bits per heavy atom. The van der Waals surface area contributed by atoms with Gasteiger partial charge in [0.15, 0.2) is 0 Å². The number of aliphatic carboxylic acids is 2. The molecule has 0 aromatic heterocycles. The minimum atomic E-state index is -1.59. The molecule has 2 aliphatic rings. The lowest BCUT2D eigenvalue weighted by Crippen LogP contribution is -2.68. The van der Waals surface area contributed by atoms with Gasteiger partial charge in [0.1, 0.15) is 0 Å². The Morgan fingerprint density at radius 1 is 0.562 bits per heavy atom. The number of nitrogens with zero attached hydrogens (tertiary/aromatic N) is 2. The van der Waals surface area contributed by atoms with Gasteiger partial charge in [-0.15, -0.1) is 0 Å². The third-order valence-corrected chi connectivity index (χ3v) is 11.4. The number of unbranched alkanes of at least 4 members (excludes halogenated alkanes) is 12. The lowest BCUT2D eigenvalue weighted by Gasteiger charge is -2.63. The first-order valence-electron chi connectivity index (χ1n) is 19.6. The number of hydrogen-bond acceptors (Lipinski definition) is 8. The predicted molar refractivity (Wildman–Crippen MR) is 190 cm³/mol. The standard InChI is InChI=1S/C40H76N2O6/c1-11-13-15-17-19-21-23-25-47-41-36(3,4)27-32(28-37(41,5)6)40(35(45)46,31-34(43)44)33-29-38(7,8)42(39(9,10)30-33)48-26-24-22-20-18-16-14-12-2/h32-33H,11-31H2,1-10H3,(H,43,44)(H,45,46)/p-2. The van der Waals surface area contributed by atoms with E-state index < -0.39 is 57.8 Å². The van der Waals surface area contributed by atoms with Crippen LogP contribution in [0.2, 0.25) is 0 Å². The van der Waals surface area contributed by atoms with Gasteiger partial charge in [-0.2, -0.15) is 10.1 Å². The SMILES string of the molecule is CCCCCCCCCON1C(C)(C)CC(C(CC(=O)[O-])(C(=O)[O-])C2CC(C)(C)N(OCCCCCCCCC)C(C)(C)C2)CC1(C)C. The Balaban J connectivity index is 2.23. The molecule has 8 nitrogen and oxygen atoms in total. The van der Waals surface area contributed by atoms with Crippen LogP contribution >= 0.6 is 0 Å². The van der Waals surface area contributed by atoms with E-state index in [0.29, 0.717) is 38.9 Å². The minimum absolute atomic E-state index is 0.430. The number of carboxylic acids is 2. The van der Waals surface area contributed by atoms with Crippen molar-refractivity contribution < 1.29 is 29.5 Å².